The molecule has 2 aliphatic heterocycles. The molecule has 7 nitrogen and oxygen atoms in total. The third kappa shape index (κ3) is 4.36. The van der Waals surface area contributed by atoms with Crippen LogP contribution in [0.2, 0.25) is 0 Å². The molecule has 0 radical (unpaired) electrons. The van der Waals surface area contributed by atoms with Gasteiger partial charge >= 0.3 is 12.0 Å². The van der Waals surface area contributed by atoms with Gasteiger partial charge in [0.25, 0.3) is 0 Å². The molecule has 4 aliphatic carbocycles. The summed E-state index contributed by atoms with van der Waals surface area (Å²) < 4.78 is 5.12. The molecular formula is C25H39N3O4. The number of carbonyl (C=O) groups is 3. The van der Waals surface area contributed by atoms with Gasteiger partial charge in [-0.3, -0.25) is 9.59 Å². The first-order chi connectivity index (χ1) is 15.5. The Morgan fingerprint density at radius 2 is 1.28 bits per heavy atom. The van der Waals surface area contributed by atoms with Crippen LogP contribution in [0.5, 0.6) is 0 Å². The molecule has 32 heavy (non-hydrogen) atoms. The Morgan fingerprint density at radius 1 is 0.781 bits per heavy atom. The second-order valence-electron chi connectivity index (χ2n) is 11.0. The highest BCUT2D eigenvalue weighted by Crippen LogP contribution is 2.53. The Bertz CT molecular complexity index is 697. The summed E-state index contributed by atoms with van der Waals surface area (Å²) in [6.45, 7) is 4.74. The number of esters is 1. The van der Waals surface area contributed by atoms with Crippen LogP contribution in [0.3, 0.4) is 0 Å². The van der Waals surface area contributed by atoms with Crippen LogP contribution in [0.15, 0.2) is 0 Å². The third-order valence-corrected chi connectivity index (χ3v) is 9.06. The number of hydrogen-bond acceptors (Lipinski definition) is 4. The summed E-state index contributed by atoms with van der Waals surface area (Å²) in [5.74, 6) is 3.29. The molecule has 0 unspecified atom stereocenters. The van der Waals surface area contributed by atoms with Crippen LogP contribution < -0.4 is 5.32 Å². The highest BCUT2D eigenvalue weighted by molar-refractivity contribution is 5.80. The number of urea groups is 1. The molecule has 6 aliphatic rings. The fourth-order valence-corrected chi connectivity index (χ4v) is 7.54. The van der Waals surface area contributed by atoms with E-state index in [-0.39, 0.29) is 29.7 Å². The van der Waals surface area contributed by atoms with E-state index in [0.29, 0.717) is 63.5 Å². The zero-order valence-electron chi connectivity index (χ0n) is 19.5. The summed E-state index contributed by atoms with van der Waals surface area (Å²) in [5.41, 5.74) is 0. The number of carbonyl (C=O) groups excluding carboxylic acids is 3. The van der Waals surface area contributed by atoms with E-state index in [1.807, 2.05) is 16.7 Å². The highest BCUT2D eigenvalue weighted by atomic mass is 16.5. The Labute approximate surface area is 191 Å². The van der Waals surface area contributed by atoms with Gasteiger partial charge in [-0.05, 0) is 88.4 Å². The average molecular weight is 446 g/mol. The SMILES string of the molecule is CCOC(=O)C1CCN(C(=O)N2CCC(C(=O)NC3C4CC5CC(C4)CC3C5)CC2)CC1. The van der Waals surface area contributed by atoms with E-state index < -0.39 is 0 Å². The third-order valence-electron chi connectivity index (χ3n) is 9.06. The fourth-order valence-electron chi connectivity index (χ4n) is 7.54. The van der Waals surface area contributed by atoms with Crippen LogP contribution in [0.25, 0.3) is 0 Å². The first-order valence-electron chi connectivity index (χ1n) is 13.0. The van der Waals surface area contributed by atoms with Crippen molar-refractivity contribution < 1.29 is 19.1 Å². The molecule has 2 saturated heterocycles. The molecule has 0 aromatic carbocycles. The first kappa shape index (κ1) is 22.0. The molecule has 0 aromatic rings. The molecule has 1 N–H and O–H groups in total. The van der Waals surface area contributed by atoms with Gasteiger partial charge in [0.05, 0.1) is 12.5 Å². The van der Waals surface area contributed by atoms with Crippen molar-refractivity contribution in [1.82, 2.24) is 15.1 Å². The zero-order valence-corrected chi connectivity index (χ0v) is 19.5. The van der Waals surface area contributed by atoms with E-state index in [9.17, 15) is 14.4 Å². The second kappa shape index (κ2) is 9.22. The monoisotopic (exact) mass is 445 g/mol. The molecule has 0 spiro atoms. The van der Waals surface area contributed by atoms with Gasteiger partial charge in [-0.2, -0.15) is 0 Å². The molecule has 4 saturated carbocycles. The van der Waals surface area contributed by atoms with Gasteiger partial charge in [0.1, 0.15) is 0 Å². The van der Waals surface area contributed by atoms with Crippen molar-refractivity contribution in [3.63, 3.8) is 0 Å². The lowest BCUT2D eigenvalue weighted by molar-refractivity contribution is -0.149. The van der Waals surface area contributed by atoms with Gasteiger partial charge in [0, 0.05) is 38.1 Å². The Kier molecular flexibility index (Phi) is 6.35. The predicted molar refractivity (Wildman–Crippen MR) is 120 cm³/mol. The summed E-state index contributed by atoms with van der Waals surface area (Å²) in [5, 5.41) is 3.47. The summed E-state index contributed by atoms with van der Waals surface area (Å²) in [4.78, 5) is 41.7. The molecule has 2 heterocycles. The van der Waals surface area contributed by atoms with Crippen LogP contribution in [-0.4, -0.2) is 66.5 Å². The van der Waals surface area contributed by atoms with Crippen molar-refractivity contribution in [2.24, 2.45) is 35.5 Å². The van der Waals surface area contributed by atoms with Gasteiger partial charge in [-0.15, -0.1) is 0 Å². The molecule has 3 amide bonds. The van der Waals surface area contributed by atoms with E-state index in [0.717, 1.165) is 24.7 Å². The maximum atomic E-state index is 13.1. The minimum Gasteiger partial charge on any atom is -0.466 e. The largest absolute Gasteiger partial charge is 0.466 e. The van der Waals surface area contributed by atoms with E-state index >= 15 is 0 Å². The smallest absolute Gasteiger partial charge is 0.319 e. The van der Waals surface area contributed by atoms with Crippen LogP contribution in [-0.2, 0) is 14.3 Å². The van der Waals surface area contributed by atoms with Crippen LogP contribution in [0.1, 0.15) is 64.7 Å². The van der Waals surface area contributed by atoms with Crippen LogP contribution in [0.4, 0.5) is 4.79 Å². The van der Waals surface area contributed by atoms with E-state index in [1.165, 1.54) is 32.1 Å². The average Bonchev–Trinajstić information content (AvgIpc) is 2.81. The normalized spacial score (nSPS) is 35.1. The summed E-state index contributed by atoms with van der Waals surface area (Å²) in [6.07, 6.45) is 9.56. The molecular weight excluding hydrogens is 406 g/mol. The van der Waals surface area contributed by atoms with Crippen LogP contribution in [0, 0.1) is 35.5 Å². The van der Waals surface area contributed by atoms with Gasteiger partial charge in [-0.1, -0.05) is 0 Å². The molecule has 7 heteroatoms. The Hall–Kier alpha value is -1.79. The summed E-state index contributed by atoms with van der Waals surface area (Å²) >= 11 is 0. The molecule has 6 fully saturated rings. The Morgan fingerprint density at radius 3 is 1.78 bits per heavy atom. The summed E-state index contributed by atoms with van der Waals surface area (Å²) in [7, 11) is 0. The number of likely N-dealkylation sites (tertiary alicyclic amines) is 2. The van der Waals surface area contributed by atoms with Gasteiger partial charge < -0.3 is 19.9 Å². The fraction of sp³-hybridized carbons (Fsp3) is 0.880. The molecule has 0 atom stereocenters. The maximum Gasteiger partial charge on any atom is 0.319 e. The van der Waals surface area contributed by atoms with Gasteiger partial charge in [0.2, 0.25) is 5.91 Å². The molecule has 6 rings (SSSR count). The lowest BCUT2D eigenvalue weighted by Crippen LogP contribution is -2.57. The molecule has 178 valence electrons. The van der Waals surface area contributed by atoms with Gasteiger partial charge in [-0.25, -0.2) is 4.79 Å². The number of hydrogen-bond donors (Lipinski definition) is 1. The molecule has 0 aromatic heterocycles. The minimum atomic E-state index is -0.134. The number of piperidine rings is 2. The van der Waals surface area contributed by atoms with E-state index in [4.69, 9.17) is 4.74 Å². The van der Waals surface area contributed by atoms with Crippen molar-refractivity contribution in [2.75, 3.05) is 32.8 Å². The lowest BCUT2D eigenvalue weighted by atomic mass is 9.54. The number of ether oxygens (including phenoxy) is 1. The Balaban J connectivity index is 1.07. The quantitative estimate of drug-likeness (QED) is 0.675. The second-order valence-corrected chi connectivity index (χ2v) is 11.0. The first-order valence-corrected chi connectivity index (χ1v) is 13.0. The van der Waals surface area contributed by atoms with E-state index in [1.54, 1.807) is 0 Å². The highest BCUT2D eigenvalue weighted by Gasteiger charge is 2.49. The molecule has 4 bridgehead atoms. The zero-order chi connectivity index (χ0) is 22.2. The van der Waals surface area contributed by atoms with Crippen molar-refractivity contribution in [3.05, 3.63) is 0 Å². The lowest BCUT2D eigenvalue weighted by Gasteiger charge is -2.54. The standard InChI is InChI=1S/C25H39N3O4/c1-2-32-24(30)19-5-9-28(10-6-19)25(31)27-7-3-18(4-8-27)23(29)26-22-20-12-16-11-17(14-20)15-21(22)13-16/h16-22H,2-15H2,1H3,(H,26,29). The van der Waals surface area contributed by atoms with E-state index in [2.05, 4.69) is 5.32 Å². The summed E-state index contributed by atoms with van der Waals surface area (Å²) in [6, 6.07) is 0.461. The van der Waals surface area contributed by atoms with Crippen molar-refractivity contribution in [1.29, 1.82) is 0 Å². The minimum absolute atomic E-state index is 0.0331. The van der Waals surface area contributed by atoms with Crippen molar-refractivity contribution in [3.8, 4) is 0 Å². The van der Waals surface area contributed by atoms with Crippen LogP contribution >= 0.6 is 0 Å². The number of nitrogens with zero attached hydrogens (tertiary/aromatic N) is 2. The maximum absolute atomic E-state index is 13.1. The topological polar surface area (TPSA) is 79.0 Å². The number of amides is 3. The van der Waals surface area contributed by atoms with Crippen molar-refractivity contribution in [2.45, 2.75) is 70.8 Å². The number of nitrogens with one attached hydrogen (secondary N) is 1. The van der Waals surface area contributed by atoms with Gasteiger partial charge in [0.15, 0.2) is 0 Å². The van der Waals surface area contributed by atoms with Crippen molar-refractivity contribution >= 4 is 17.9 Å². The predicted octanol–water partition coefficient (Wildman–Crippen LogP) is 3.03. The number of rotatable bonds is 4.